The summed E-state index contributed by atoms with van der Waals surface area (Å²) >= 11 is 4.06. The van der Waals surface area contributed by atoms with Gasteiger partial charge < -0.3 is 40.7 Å². The zero-order chi connectivity index (χ0) is 42.4. The second kappa shape index (κ2) is 16.7. The number of rotatable bonds is 14. The van der Waals surface area contributed by atoms with Crippen LogP contribution in [0.25, 0.3) is 0 Å². The number of amides is 3. The molecule has 1 aromatic heterocycles. The van der Waals surface area contributed by atoms with Gasteiger partial charge in [0.15, 0.2) is 23.5 Å². The average molecular weight is 901 g/mol. The average Bonchev–Trinajstić information content (AvgIpc) is 3.84. The first-order valence-electron chi connectivity index (χ1n) is 19.6. The largest absolute Gasteiger partial charge is 0.481 e. The Morgan fingerprint density at radius 1 is 1.12 bits per heavy atom. The number of ether oxygens (including phenoxy) is 2. The Hall–Kier alpha value is -4.13. The highest BCUT2D eigenvalue weighted by atomic mass is 79.9. The quantitative estimate of drug-likeness (QED) is 0.150. The number of carbonyl (C=O) groups is 6. The van der Waals surface area contributed by atoms with Gasteiger partial charge in [-0.25, -0.2) is 4.39 Å². The molecule has 6 N–H and O–H groups in total. The van der Waals surface area contributed by atoms with Gasteiger partial charge in [0, 0.05) is 40.8 Å². The van der Waals surface area contributed by atoms with Crippen LogP contribution in [0, 0.1) is 34.4 Å². The van der Waals surface area contributed by atoms with Crippen LogP contribution in [0.2, 0.25) is 0 Å². The summed E-state index contributed by atoms with van der Waals surface area (Å²) < 4.78 is 29.3. The number of benzene rings is 1. The molecule has 5 aliphatic rings. The fourth-order valence-corrected chi connectivity index (χ4v) is 11.7. The SMILES string of the molecule is C[C@]12C=CC(=O)C=C1CC[C@@H]1[C@@H]2[C@@H](O)C[C@@]2(C)[C@H]1C[C@H]1O[C@@H](c3scc(Cc4ccc(NC(=O)[C@H](CCC(=O)O)NC(=O)CNC(=O)CBr)cc4)c3F)O[C@]12C(=O)CO. The van der Waals surface area contributed by atoms with Crippen molar-refractivity contribution in [3.05, 3.63) is 75.3 Å². The van der Waals surface area contributed by atoms with Crippen molar-refractivity contribution in [3.63, 3.8) is 0 Å². The van der Waals surface area contributed by atoms with Crippen molar-refractivity contribution in [2.24, 2.45) is 28.6 Å². The topological polar surface area (TPSA) is 218 Å². The van der Waals surface area contributed by atoms with Crippen LogP contribution in [-0.4, -0.2) is 92.9 Å². The second-order valence-corrected chi connectivity index (χ2v) is 18.1. The van der Waals surface area contributed by atoms with Gasteiger partial charge in [0.2, 0.25) is 17.7 Å². The first-order valence-corrected chi connectivity index (χ1v) is 21.6. The van der Waals surface area contributed by atoms with Gasteiger partial charge in [-0.05, 0) is 79.2 Å². The van der Waals surface area contributed by atoms with Gasteiger partial charge >= 0.3 is 5.97 Å². The zero-order valence-corrected chi connectivity index (χ0v) is 34.9. The monoisotopic (exact) mass is 899 g/mol. The number of halogens is 2. The van der Waals surface area contributed by atoms with E-state index in [1.165, 1.54) is 0 Å². The number of hydrogen-bond acceptors (Lipinski definition) is 11. The molecule has 17 heteroatoms. The maximum absolute atomic E-state index is 16.3. The lowest BCUT2D eigenvalue weighted by Crippen LogP contribution is -2.63. The van der Waals surface area contributed by atoms with Crippen molar-refractivity contribution in [1.82, 2.24) is 10.6 Å². The molecule has 316 valence electrons. The van der Waals surface area contributed by atoms with Crippen LogP contribution in [-0.2, 0) is 44.7 Å². The van der Waals surface area contributed by atoms with Crippen molar-refractivity contribution in [2.45, 2.75) is 88.9 Å². The van der Waals surface area contributed by atoms with Crippen molar-refractivity contribution < 1.29 is 58.0 Å². The van der Waals surface area contributed by atoms with E-state index in [9.17, 15) is 39.0 Å². The maximum atomic E-state index is 16.3. The first kappa shape index (κ1) is 43.0. The standard InChI is InChI=1S/C42H47BrFN3O11S/c1-40-12-11-25(49)14-23(40)5-8-26-27-15-31-42(30(51)19-48,41(27,2)16-29(50)35(26)40)58-39(57-31)37-36(44)22(20-59-37)13-21-3-6-24(7-4-21)46-38(56)28(9-10-34(54)55)47-33(53)18-45-32(52)17-43/h3-4,6-7,11-12,14,20,26-29,31,35,39,48,50H,5,8-10,13,15-19H2,1-2H3,(H,45,52)(H,46,56)(H,47,53)(H,54,55)/t26-,27-,28-,29-,31+,35+,39+,40-,41-,42+/m0/s1. The number of aliphatic hydroxyl groups is 2. The predicted octanol–water partition coefficient (Wildman–Crippen LogP) is 3.88. The van der Waals surface area contributed by atoms with E-state index in [-0.39, 0.29) is 59.4 Å². The van der Waals surface area contributed by atoms with E-state index in [4.69, 9.17) is 14.6 Å². The third-order valence-electron chi connectivity index (χ3n) is 13.3. The van der Waals surface area contributed by atoms with Crippen LogP contribution in [0.3, 0.4) is 0 Å². The summed E-state index contributed by atoms with van der Waals surface area (Å²) in [6, 6.07) is 5.35. The number of carbonyl (C=O) groups excluding carboxylic acids is 5. The number of allylic oxidation sites excluding steroid dienone is 4. The van der Waals surface area contributed by atoms with E-state index in [2.05, 4.69) is 38.8 Å². The van der Waals surface area contributed by atoms with Gasteiger partial charge in [0.05, 0.1) is 29.0 Å². The van der Waals surface area contributed by atoms with E-state index in [1.54, 1.807) is 41.8 Å². The highest BCUT2D eigenvalue weighted by molar-refractivity contribution is 9.09. The lowest BCUT2D eigenvalue weighted by molar-refractivity contribution is -0.200. The van der Waals surface area contributed by atoms with Crippen LogP contribution in [0.4, 0.5) is 10.1 Å². The predicted molar refractivity (Wildman–Crippen MR) is 215 cm³/mol. The van der Waals surface area contributed by atoms with Crippen LogP contribution in [0.5, 0.6) is 0 Å². The molecular formula is C42H47BrFN3O11S. The zero-order valence-electron chi connectivity index (χ0n) is 32.5. The van der Waals surface area contributed by atoms with Gasteiger partial charge in [0.25, 0.3) is 0 Å². The summed E-state index contributed by atoms with van der Waals surface area (Å²) in [7, 11) is 0. The third-order valence-corrected chi connectivity index (χ3v) is 14.9. The Balaban J connectivity index is 1.03. The maximum Gasteiger partial charge on any atom is 0.303 e. The third kappa shape index (κ3) is 7.74. The van der Waals surface area contributed by atoms with E-state index >= 15 is 4.39 Å². The molecule has 1 aliphatic heterocycles. The van der Waals surface area contributed by atoms with Crippen LogP contribution < -0.4 is 16.0 Å². The molecule has 0 radical (unpaired) electrons. The Morgan fingerprint density at radius 2 is 1.86 bits per heavy atom. The number of aliphatic carboxylic acids is 1. The minimum Gasteiger partial charge on any atom is -0.481 e. The first-order chi connectivity index (χ1) is 28.0. The highest BCUT2D eigenvalue weighted by Gasteiger charge is 2.76. The molecule has 3 amide bonds. The van der Waals surface area contributed by atoms with Crippen molar-refractivity contribution in [2.75, 3.05) is 23.8 Å². The molecule has 0 unspecified atom stereocenters. The van der Waals surface area contributed by atoms with Crippen LogP contribution in [0.15, 0.2) is 53.4 Å². The molecule has 1 saturated heterocycles. The van der Waals surface area contributed by atoms with E-state index < -0.39 is 89.4 Å². The number of ketones is 2. The number of aliphatic hydroxyl groups excluding tert-OH is 2. The van der Waals surface area contributed by atoms with E-state index in [0.29, 0.717) is 36.1 Å². The highest BCUT2D eigenvalue weighted by Crippen LogP contribution is 2.70. The molecule has 14 nitrogen and oxygen atoms in total. The fraction of sp³-hybridized carbons (Fsp3) is 0.524. The molecule has 2 heterocycles. The number of anilines is 1. The smallest absolute Gasteiger partial charge is 0.303 e. The van der Waals surface area contributed by atoms with Gasteiger partial charge in [-0.15, -0.1) is 11.3 Å². The Morgan fingerprint density at radius 3 is 2.56 bits per heavy atom. The summed E-state index contributed by atoms with van der Waals surface area (Å²) in [6.07, 6.45) is 3.91. The molecular weight excluding hydrogens is 853 g/mol. The summed E-state index contributed by atoms with van der Waals surface area (Å²) in [5.74, 6) is -4.42. The lowest BCUT2D eigenvalue weighted by atomic mass is 9.46. The summed E-state index contributed by atoms with van der Waals surface area (Å²) in [5, 5.41) is 40.5. The molecule has 3 saturated carbocycles. The summed E-state index contributed by atoms with van der Waals surface area (Å²) in [6.45, 7) is 2.78. The number of alkyl halides is 1. The number of Topliss-reactive ketones (excluding diaryl/α,β-unsaturated/α-hetero) is 1. The minimum absolute atomic E-state index is 0.0168. The molecule has 10 atom stereocenters. The number of hydrogen-bond donors (Lipinski definition) is 6. The van der Waals surface area contributed by atoms with Gasteiger partial charge in [0.1, 0.15) is 18.5 Å². The van der Waals surface area contributed by atoms with Gasteiger partial charge in [-0.2, -0.15) is 0 Å². The lowest BCUT2D eigenvalue weighted by Gasteiger charge is -2.59. The van der Waals surface area contributed by atoms with E-state index in [1.807, 2.05) is 13.0 Å². The summed E-state index contributed by atoms with van der Waals surface area (Å²) in [4.78, 5) is 74.4. The second-order valence-electron chi connectivity index (χ2n) is 16.6. The van der Waals surface area contributed by atoms with Crippen molar-refractivity contribution >= 4 is 68.2 Å². The molecule has 0 spiro atoms. The van der Waals surface area contributed by atoms with Crippen LogP contribution >= 0.6 is 27.3 Å². The van der Waals surface area contributed by atoms with Crippen LogP contribution in [0.1, 0.15) is 74.7 Å². The normalized spacial score (nSPS) is 32.2. The molecule has 7 rings (SSSR count). The molecule has 59 heavy (non-hydrogen) atoms. The Bertz CT molecular complexity index is 2110. The van der Waals surface area contributed by atoms with E-state index in [0.717, 1.165) is 16.9 Å². The van der Waals surface area contributed by atoms with Gasteiger partial charge in [-0.3, -0.25) is 28.8 Å². The number of nitrogens with one attached hydrogen (secondary N) is 3. The number of carboxylic acids is 1. The minimum atomic E-state index is -1.62. The molecule has 4 fully saturated rings. The molecule has 1 aromatic carbocycles. The van der Waals surface area contributed by atoms with Crippen molar-refractivity contribution in [3.8, 4) is 0 Å². The number of thiophene rings is 1. The summed E-state index contributed by atoms with van der Waals surface area (Å²) in [5.41, 5.74) is -0.676. The molecule has 2 aromatic rings. The number of carboxylic acid groups (broad SMARTS) is 1. The van der Waals surface area contributed by atoms with Crippen molar-refractivity contribution in [1.29, 1.82) is 0 Å². The fourth-order valence-electron chi connectivity index (χ4n) is 10.6. The Labute approximate surface area is 352 Å². The number of fused-ring (bicyclic) bond motifs is 7. The van der Waals surface area contributed by atoms with Gasteiger partial charge in [-0.1, -0.05) is 53.6 Å². The molecule has 4 aliphatic carbocycles. The molecule has 0 bridgehead atoms. The Kier molecular flexibility index (Phi) is 12.2.